The Morgan fingerprint density at radius 3 is 2.71 bits per heavy atom. The maximum Gasteiger partial charge on any atom is 0.293 e. The molecule has 0 unspecified atom stereocenters. The van der Waals surface area contributed by atoms with Gasteiger partial charge in [-0.2, -0.15) is 0 Å². The number of benzene rings is 2. The van der Waals surface area contributed by atoms with Gasteiger partial charge in [0.1, 0.15) is 5.69 Å². The third-order valence-corrected chi connectivity index (χ3v) is 5.16. The third kappa shape index (κ3) is 3.89. The molecule has 0 atom stereocenters. The highest BCUT2D eigenvalue weighted by molar-refractivity contribution is 7.99. The molecular weight excluding hydrogens is 380 g/mol. The number of hydrogen-bond donors (Lipinski definition) is 1. The molecule has 0 bridgehead atoms. The lowest BCUT2D eigenvalue weighted by molar-refractivity contribution is -0.384. The fourth-order valence-electron chi connectivity index (χ4n) is 2.81. The zero-order valence-corrected chi connectivity index (χ0v) is 16.2. The Morgan fingerprint density at radius 2 is 2.00 bits per heavy atom. The number of nitrogens with zero attached hydrogens (tertiary/aromatic N) is 3. The lowest BCUT2D eigenvalue weighted by Gasteiger charge is -2.12. The van der Waals surface area contributed by atoms with Gasteiger partial charge in [0.05, 0.1) is 21.6 Å². The summed E-state index contributed by atoms with van der Waals surface area (Å²) in [4.78, 5) is 40.1. The van der Waals surface area contributed by atoms with Gasteiger partial charge >= 0.3 is 0 Å². The summed E-state index contributed by atoms with van der Waals surface area (Å²) in [5.41, 5.74) is 1.02. The van der Waals surface area contributed by atoms with E-state index in [1.165, 1.54) is 10.6 Å². The Balaban J connectivity index is 1.83. The largest absolute Gasteiger partial charge is 0.319 e. The molecule has 3 aromatic rings. The quantitative estimate of drug-likeness (QED) is 0.295. The monoisotopic (exact) mass is 398 g/mol. The molecule has 0 aliphatic heterocycles. The smallest absolute Gasteiger partial charge is 0.293 e. The van der Waals surface area contributed by atoms with Crippen molar-refractivity contribution in [2.75, 3.05) is 11.1 Å². The van der Waals surface area contributed by atoms with Crippen molar-refractivity contribution in [1.29, 1.82) is 0 Å². The van der Waals surface area contributed by atoms with Crippen molar-refractivity contribution in [3.63, 3.8) is 0 Å². The molecule has 144 valence electrons. The summed E-state index contributed by atoms with van der Waals surface area (Å²) < 4.78 is 1.51. The highest BCUT2D eigenvalue weighted by atomic mass is 32.2. The molecule has 8 nitrogen and oxygen atoms in total. The summed E-state index contributed by atoms with van der Waals surface area (Å²) in [7, 11) is 0. The Bertz CT molecular complexity index is 1130. The molecule has 1 heterocycles. The minimum absolute atomic E-state index is 0.0315. The van der Waals surface area contributed by atoms with E-state index in [4.69, 9.17) is 0 Å². The number of aryl methyl sites for hydroxylation is 1. The van der Waals surface area contributed by atoms with Crippen molar-refractivity contribution < 1.29 is 9.72 Å². The van der Waals surface area contributed by atoms with Crippen molar-refractivity contribution in [3.05, 3.63) is 68.5 Å². The fourth-order valence-corrected chi connectivity index (χ4v) is 3.67. The minimum atomic E-state index is -0.532. The number of thioether (sulfide) groups is 1. The topological polar surface area (TPSA) is 107 Å². The Hall–Kier alpha value is -3.20. The molecule has 1 N–H and O–H groups in total. The number of nitro groups is 1. The van der Waals surface area contributed by atoms with Crippen LogP contribution in [-0.2, 0) is 11.3 Å². The van der Waals surface area contributed by atoms with Gasteiger partial charge in [0.25, 0.3) is 11.2 Å². The van der Waals surface area contributed by atoms with E-state index in [1.54, 1.807) is 43.3 Å². The highest BCUT2D eigenvalue weighted by Gasteiger charge is 2.18. The summed E-state index contributed by atoms with van der Waals surface area (Å²) in [6.07, 6.45) is 0. The number of hydrogen-bond acceptors (Lipinski definition) is 6. The molecule has 0 spiro atoms. The van der Waals surface area contributed by atoms with Crippen molar-refractivity contribution in [2.24, 2.45) is 0 Å². The average Bonchev–Trinajstić information content (AvgIpc) is 2.68. The van der Waals surface area contributed by atoms with Crippen molar-refractivity contribution >= 4 is 39.9 Å². The normalized spacial score (nSPS) is 10.8. The van der Waals surface area contributed by atoms with Gasteiger partial charge in [-0.25, -0.2) is 4.98 Å². The summed E-state index contributed by atoms with van der Waals surface area (Å²) in [6.45, 7) is 3.94. The van der Waals surface area contributed by atoms with Gasteiger partial charge in [-0.1, -0.05) is 36.0 Å². The van der Waals surface area contributed by atoms with E-state index in [-0.39, 0.29) is 22.7 Å². The van der Waals surface area contributed by atoms with Crippen LogP contribution in [0.4, 0.5) is 11.4 Å². The standard InChI is InChI=1S/C19H18N4O4S/c1-3-22-18(25)13-8-4-5-9-14(13)20-19(22)28-11-16(24)21-17-12(2)7-6-10-15(17)23(26)27/h4-10H,3,11H2,1-2H3,(H,21,24). The second-order valence-corrected chi connectivity index (χ2v) is 6.97. The first kappa shape index (κ1) is 19.6. The molecule has 1 aromatic heterocycles. The lowest BCUT2D eigenvalue weighted by atomic mass is 10.1. The van der Waals surface area contributed by atoms with E-state index >= 15 is 0 Å². The Kier molecular flexibility index (Phi) is 5.74. The summed E-state index contributed by atoms with van der Waals surface area (Å²) in [5, 5.41) is 14.7. The van der Waals surface area contributed by atoms with Gasteiger partial charge in [0.15, 0.2) is 5.16 Å². The van der Waals surface area contributed by atoms with Crippen LogP contribution in [-0.4, -0.2) is 26.1 Å². The second kappa shape index (κ2) is 8.22. The predicted molar refractivity (Wildman–Crippen MR) is 109 cm³/mol. The summed E-state index contributed by atoms with van der Waals surface area (Å²) in [5.74, 6) is -0.441. The molecule has 0 aliphatic rings. The van der Waals surface area contributed by atoms with Gasteiger partial charge in [-0.15, -0.1) is 0 Å². The third-order valence-electron chi connectivity index (χ3n) is 4.19. The zero-order valence-electron chi connectivity index (χ0n) is 15.3. The number of nitrogens with one attached hydrogen (secondary N) is 1. The van der Waals surface area contributed by atoms with Gasteiger partial charge in [-0.05, 0) is 31.5 Å². The molecule has 0 aliphatic carbocycles. The van der Waals surface area contributed by atoms with Crippen LogP contribution < -0.4 is 10.9 Å². The highest BCUT2D eigenvalue weighted by Crippen LogP contribution is 2.28. The molecule has 0 saturated heterocycles. The van der Waals surface area contributed by atoms with E-state index in [1.807, 2.05) is 6.92 Å². The lowest BCUT2D eigenvalue weighted by Crippen LogP contribution is -2.23. The zero-order chi connectivity index (χ0) is 20.3. The van der Waals surface area contributed by atoms with Gasteiger partial charge in [0.2, 0.25) is 5.91 Å². The number of carbonyl (C=O) groups excluding carboxylic acids is 1. The number of amides is 1. The van der Waals surface area contributed by atoms with Gasteiger partial charge < -0.3 is 5.32 Å². The number of carbonyl (C=O) groups is 1. The summed E-state index contributed by atoms with van der Waals surface area (Å²) >= 11 is 1.12. The number of nitro benzene ring substituents is 1. The fraction of sp³-hybridized carbons (Fsp3) is 0.211. The van der Waals surface area contributed by atoms with Crippen LogP contribution in [0.2, 0.25) is 0 Å². The molecule has 3 rings (SSSR count). The first-order chi connectivity index (χ1) is 13.4. The van der Waals surface area contributed by atoms with Gasteiger partial charge in [-0.3, -0.25) is 24.3 Å². The SMILES string of the molecule is CCn1c(SCC(=O)Nc2c(C)cccc2[N+](=O)[O-])nc2ccccc2c1=O. The maximum atomic E-state index is 12.6. The summed E-state index contributed by atoms with van der Waals surface area (Å²) in [6, 6.07) is 11.6. The number of para-hydroxylation sites is 2. The first-order valence-electron chi connectivity index (χ1n) is 8.58. The number of anilines is 1. The van der Waals surface area contributed by atoms with Crippen LogP contribution in [0.3, 0.4) is 0 Å². The van der Waals surface area contributed by atoms with Crippen molar-refractivity contribution in [3.8, 4) is 0 Å². The molecule has 0 saturated carbocycles. The van der Waals surface area contributed by atoms with Crippen LogP contribution in [0.25, 0.3) is 10.9 Å². The molecule has 0 fully saturated rings. The van der Waals surface area contributed by atoms with E-state index in [9.17, 15) is 19.7 Å². The number of rotatable bonds is 6. The maximum absolute atomic E-state index is 12.6. The van der Waals surface area contributed by atoms with E-state index < -0.39 is 10.8 Å². The molecule has 28 heavy (non-hydrogen) atoms. The van der Waals surface area contributed by atoms with Gasteiger partial charge in [0, 0.05) is 12.6 Å². The number of aromatic nitrogens is 2. The average molecular weight is 398 g/mol. The van der Waals surface area contributed by atoms with Crippen LogP contribution in [0.1, 0.15) is 12.5 Å². The Labute approximate surface area is 164 Å². The van der Waals surface area contributed by atoms with E-state index in [2.05, 4.69) is 10.3 Å². The molecule has 9 heteroatoms. The molecule has 2 aromatic carbocycles. The predicted octanol–water partition coefficient (Wildman–Crippen LogP) is 3.36. The minimum Gasteiger partial charge on any atom is -0.319 e. The molecule has 0 radical (unpaired) electrons. The van der Waals surface area contributed by atoms with Crippen LogP contribution in [0, 0.1) is 17.0 Å². The van der Waals surface area contributed by atoms with Crippen LogP contribution in [0.5, 0.6) is 0 Å². The van der Waals surface area contributed by atoms with Crippen molar-refractivity contribution in [1.82, 2.24) is 9.55 Å². The van der Waals surface area contributed by atoms with E-state index in [0.717, 1.165) is 11.8 Å². The van der Waals surface area contributed by atoms with Crippen LogP contribution in [0.15, 0.2) is 52.4 Å². The van der Waals surface area contributed by atoms with Crippen molar-refractivity contribution in [2.45, 2.75) is 25.5 Å². The number of fused-ring (bicyclic) bond motifs is 1. The van der Waals surface area contributed by atoms with Crippen LogP contribution >= 0.6 is 11.8 Å². The first-order valence-corrected chi connectivity index (χ1v) is 9.57. The van der Waals surface area contributed by atoms with E-state index in [0.29, 0.717) is 28.2 Å². The molecular formula is C19H18N4O4S. The Morgan fingerprint density at radius 1 is 1.25 bits per heavy atom. The molecule has 1 amide bonds. The second-order valence-electron chi connectivity index (χ2n) is 6.02.